The predicted octanol–water partition coefficient (Wildman–Crippen LogP) is 2.64. The van der Waals surface area contributed by atoms with E-state index in [2.05, 4.69) is 10.6 Å². The lowest BCUT2D eigenvalue weighted by Crippen LogP contribution is -2.54. The highest BCUT2D eigenvalue weighted by Crippen LogP contribution is 2.60. The molecular weight excluding hydrogens is 363 g/mol. The first kappa shape index (κ1) is 18.9. The molecule has 0 spiro atoms. The van der Waals surface area contributed by atoms with Gasteiger partial charge in [0.1, 0.15) is 12.4 Å². The third-order valence-corrected chi connectivity index (χ3v) is 6.41. The van der Waals surface area contributed by atoms with E-state index in [1.54, 1.807) is 0 Å². The van der Waals surface area contributed by atoms with Gasteiger partial charge >= 0.3 is 5.97 Å². The van der Waals surface area contributed by atoms with E-state index in [4.69, 9.17) is 4.74 Å². The molecular formula is C21H25FN2O4. The Morgan fingerprint density at radius 3 is 2.14 bits per heavy atom. The van der Waals surface area contributed by atoms with Crippen molar-refractivity contribution in [3.63, 3.8) is 0 Å². The summed E-state index contributed by atoms with van der Waals surface area (Å²) in [5.41, 5.74) is 0.104. The topological polar surface area (TPSA) is 84.5 Å². The van der Waals surface area contributed by atoms with Gasteiger partial charge < -0.3 is 15.4 Å². The van der Waals surface area contributed by atoms with Crippen LogP contribution in [0, 0.1) is 29.0 Å². The van der Waals surface area contributed by atoms with Crippen LogP contribution in [0.5, 0.6) is 0 Å². The van der Waals surface area contributed by atoms with Gasteiger partial charge in [-0.2, -0.15) is 0 Å². The molecule has 7 heteroatoms. The number of anilines is 1. The van der Waals surface area contributed by atoms with E-state index in [0.717, 1.165) is 19.3 Å². The Labute approximate surface area is 163 Å². The number of halogens is 1. The van der Waals surface area contributed by atoms with Crippen molar-refractivity contribution in [2.45, 2.75) is 38.5 Å². The third-order valence-electron chi connectivity index (χ3n) is 6.41. The first-order chi connectivity index (χ1) is 13.4. The Morgan fingerprint density at radius 2 is 1.57 bits per heavy atom. The van der Waals surface area contributed by atoms with Crippen LogP contribution in [0.25, 0.3) is 0 Å². The molecule has 2 N–H and O–H groups in total. The molecule has 5 rings (SSSR count). The molecule has 0 radical (unpaired) electrons. The fourth-order valence-corrected chi connectivity index (χ4v) is 5.66. The number of ether oxygens (including phenoxy) is 1. The minimum atomic E-state index is -0.646. The van der Waals surface area contributed by atoms with Gasteiger partial charge in [-0.25, -0.2) is 4.39 Å². The quantitative estimate of drug-likeness (QED) is 0.734. The molecule has 4 fully saturated rings. The summed E-state index contributed by atoms with van der Waals surface area (Å²) in [5, 5.41) is 5.24. The van der Waals surface area contributed by atoms with Crippen LogP contribution in [-0.2, 0) is 19.1 Å². The van der Waals surface area contributed by atoms with Crippen LogP contribution in [0.3, 0.4) is 0 Å². The maximum Gasteiger partial charge on any atom is 0.325 e. The minimum Gasteiger partial charge on any atom is -0.454 e. The zero-order valence-corrected chi connectivity index (χ0v) is 15.7. The highest BCUT2D eigenvalue weighted by atomic mass is 19.1. The molecule has 0 saturated heterocycles. The zero-order valence-electron chi connectivity index (χ0n) is 15.7. The number of amides is 2. The molecule has 28 heavy (non-hydrogen) atoms. The van der Waals surface area contributed by atoms with E-state index in [9.17, 15) is 18.8 Å². The highest BCUT2D eigenvalue weighted by Gasteiger charge is 2.54. The number of carbonyl (C=O) groups excluding carboxylic acids is 3. The molecule has 0 unspecified atom stereocenters. The minimum absolute atomic E-state index is 0.0423. The van der Waals surface area contributed by atoms with E-state index in [1.807, 2.05) is 0 Å². The summed E-state index contributed by atoms with van der Waals surface area (Å²) >= 11 is 0. The Kier molecular flexibility index (Phi) is 5.08. The van der Waals surface area contributed by atoms with Crippen molar-refractivity contribution in [3.05, 3.63) is 30.1 Å². The van der Waals surface area contributed by atoms with Crippen LogP contribution in [0.2, 0.25) is 0 Å². The van der Waals surface area contributed by atoms with E-state index in [1.165, 1.54) is 43.5 Å². The number of hydrogen-bond acceptors (Lipinski definition) is 4. The second-order valence-corrected chi connectivity index (χ2v) is 8.60. The molecule has 1 aromatic rings. The number of esters is 1. The SMILES string of the molecule is O=C(COC(=O)CNC(=O)C12CC3CC(CC(C3)C1)C2)Nc1ccc(F)cc1. The van der Waals surface area contributed by atoms with Crippen LogP contribution >= 0.6 is 0 Å². The van der Waals surface area contributed by atoms with Gasteiger partial charge in [0.05, 0.1) is 0 Å². The van der Waals surface area contributed by atoms with Crippen molar-refractivity contribution in [1.29, 1.82) is 0 Å². The molecule has 4 saturated carbocycles. The average Bonchev–Trinajstić information content (AvgIpc) is 2.65. The molecule has 0 aliphatic heterocycles. The molecule has 1 aromatic carbocycles. The van der Waals surface area contributed by atoms with E-state index >= 15 is 0 Å². The van der Waals surface area contributed by atoms with Gasteiger partial charge in [-0.15, -0.1) is 0 Å². The van der Waals surface area contributed by atoms with Crippen LogP contribution in [0.4, 0.5) is 10.1 Å². The number of nitrogens with one attached hydrogen (secondary N) is 2. The summed E-state index contributed by atoms with van der Waals surface area (Å²) in [4.78, 5) is 36.5. The Bertz CT molecular complexity index is 742. The third kappa shape index (κ3) is 4.03. The molecule has 0 heterocycles. The average molecular weight is 388 g/mol. The van der Waals surface area contributed by atoms with Crippen LogP contribution in [0.1, 0.15) is 38.5 Å². The van der Waals surface area contributed by atoms with E-state index in [0.29, 0.717) is 23.4 Å². The normalized spacial score (nSPS) is 30.0. The van der Waals surface area contributed by atoms with Gasteiger partial charge in [0.2, 0.25) is 5.91 Å². The van der Waals surface area contributed by atoms with Crippen molar-refractivity contribution in [2.24, 2.45) is 23.2 Å². The Morgan fingerprint density at radius 1 is 1.00 bits per heavy atom. The van der Waals surface area contributed by atoms with Gasteiger partial charge in [-0.3, -0.25) is 14.4 Å². The van der Waals surface area contributed by atoms with Crippen LogP contribution < -0.4 is 10.6 Å². The van der Waals surface area contributed by atoms with Gasteiger partial charge in [0, 0.05) is 11.1 Å². The summed E-state index contributed by atoms with van der Waals surface area (Å²) in [6, 6.07) is 5.28. The Hall–Kier alpha value is -2.44. The van der Waals surface area contributed by atoms with Crippen molar-refractivity contribution >= 4 is 23.5 Å². The fraction of sp³-hybridized carbons (Fsp3) is 0.571. The largest absolute Gasteiger partial charge is 0.454 e. The number of hydrogen-bond donors (Lipinski definition) is 2. The zero-order chi connectivity index (χ0) is 19.7. The second kappa shape index (κ2) is 7.53. The number of rotatable bonds is 6. The lowest BCUT2D eigenvalue weighted by molar-refractivity contribution is -0.152. The number of carbonyl (C=O) groups is 3. The monoisotopic (exact) mass is 388 g/mol. The summed E-state index contributed by atoms with van der Waals surface area (Å²) in [6.45, 7) is -0.687. The lowest BCUT2D eigenvalue weighted by Gasteiger charge is -2.55. The van der Waals surface area contributed by atoms with Crippen molar-refractivity contribution in [2.75, 3.05) is 18.5 Å². The molecule has 4 aliphatic rings. The first-order valence-electron chi connectivity index (χ1n) is 9.91. The van der Waals surface area contributed by atoms with Crippen molar-refractivity contribution < 1.29 is 23.5 Å². The van der Waals surface area contributed by atoms with Crippen molar-refractivity contribution in [1.82, 2.24) is 5.32 Å². The van der Waals surface area contributed by atoms with Gasteiger partial charge in [-0.05, 0) is 80.5 Å². The second-order valence-electron chi connectivity index (χ2n) is 8.60. The molecule has 6 nitrogen and oxygen atoms in total. The summed E-state index contributed by atoms with van der Waals surface area (Å²) in [5.74, 6) is 0.343. The van der Waals surface area contributed by atoms with E-state index in [-0.39, 0.29) is 17.9 Å². The smallest absolute Gasteiger partial charge is 0.325 e. The summed E-state index contributed by atoms with van der Waals surface area (Å²) in [6.07, 6.45) is 6.53. The maximum atomic E-state index is 12.8. The molecule has 0 aromatic heterocycles. The van der Waals surface area contributed by atoms with E-state index < -0.39 is 24.3 Å². The van der Waals surface area contributed by atoms with Crippen molar-refractivity contribution in [3.8, 4) is 0 Å². The molecule has 150 valence electrons. The molecule has 2 amide bonds. The standard InChI is InChI=1S/C21H25FN2O4/c22-16-1-3-17(4-2-16)24-18(25)12-28-19(26)11-23-20(27)21-8-13-5-14(9-21)7-15(6-13)10-21/h1-4,13-15H,5-12H2,(H,23,27)(H,24,25). The summed E-state index contributed by atoms with van der Waals surface area (Å²) in [7, 11) is 0. The van der Waals surface area contributed by atoms with Gasteiger partial charge in [-0.1, -0.05) is 0 Å². The molecule has 4 aliphatic carbocycles. The highest BCUT2D eigenvalue weighted by molar-refractivity contribution is 5.93. The lowest BCUT2D eigenvalue weighted by atomic mass is 9.49. The summed E-state index contributed by atoms with van der Waals surface area (Å²) < 4.78 is 17.8. The molecule has 0 atom stereocenters. The first-order valence-corrected chi connectivity index (χ1v) is 9.91. The van der Waals surface area contributed by atoms with Crippen LogP contribution in [-0.4, -0.2) is 30.9 Å². The Balaban J connectivity index is 1.21. The van der Waals surface area contributed by atoms with Crippen LogP contribution in [0.15, 0.2) is 24.3 Å². The van der Waals surface area contributed by atoms with Gasteiger partial charge in [0.15, 0.2) is 6.61 Å². The predicted molar refractivity (Wildman–Crippen MR) is 99.6 cm³/mol. The van der Waals surface area contributed by atoms with Gasteiger partial charge in [0.25, 0.3) is 5.91 Å². The number of benzene rings is 1. The maximum absolute atomic E-state index is 12.8. The molecule has 4 bridgehead atoms. The fourth-order valence-electron chi connectivity index (χ4n) is 5.66.